The van der Waals surface area contributed by atoms with Crippen LogP contribution in [0, 0.1) is 11.3 Å². The van der Waals surface area contributed by atoms with E-state index in [4.69, 9.17) is 10.2 Å². The summed E-state index contributed by atoms with van der Waals surface area (Å²) in [4.78, 5) is 4.70. The van der Waals surface area contributed by atoms with Crippen LogP contribution in [0.15, 0.2) is 42.5 Å². The van der Waals surface area contributed by atoms with Gasteiger partial charge in [-0.2, -0.15) is 5.26 Å². The molecular formula is C16H14N3S+. The summed E-state index contributed by atoms with van der Waals surface area (Å²) in [6.07, 6.45) is 0.424. The second-order valence-electron chi connectivity index (χ2n) is 4.49. The number of aromatic nitrogens is 1. The highest BCUT2D eigenvalue weighted by Gasteiger charge is 2.14. The number of thiazole rings is 1. The van der Waals surface area contributed by atoms with Crippen molar-refractivity contribution >= 4 is 27.2 Å². The van der Waals surface area contributed by atoms with Gasteiger partial charge in [0.15, 0.2) is 0 Å². The number of nitriles is 1. The van der Waals surface area contributed by atoms with Crippen LogP contribution in [0.25, 0.3) is 20.8 Å². The first-order valence-corrected chi connectivity index (χ1v) is 7.29. The van der Waals surface area contributed by atoms with Crippen LogP contribution in [0.2, 0.25) is 0 Å². The summed E-state index contributed by atoms with van der Waals surface area (Å²) < 4.78 is 1.13. The second kappa shape index (κ2) is 5.41. The molecule has 0 fully saturated rings. The van der Waals surface area contributed by atoms with Gasteiger partial charge in [-0.15, -0.1) is 11.3 Å². The van der Waals surface area contributed by atoms with E-state index in [2.05, 4.69) is 18.2 Å². The van der Waals surface area contributed by atoms with Gasteiger partial charge in [0.1, 0.15) is 10.7 Å². The number of hydrogen-bond acceptors (Lipinski definition) is 3. The lowest BCUT2D eigenvalue weighted by molar-refractivity contribution is -0.539. The number of quaternary nitrogens is 1. The molecule has 4 heteroatoms. The van der Waals surface area contributed by atoms with Crippen molar-refractivity contribution in [2.45, 2.75) is 6.42 Å². The van der Waals surface area contributed by atoms with Gasteiger partial charge in [-0.25, -0.2) is 4.98 Å². The molecule has 2 aromatic carbocycles. The Labute approximate surface area is 121 Å². The van der Waals surface area contributed by atoms with Gasteiger partial charge in [-0.1, -0.05) is 30.3 Å². The van der Waals surface area contributed by atoms with Crippen LogP contribution in [0.5, 0.6) is 0 Å². The van der Waals surface area contributed by atoms with Gasteiger partial charge in [-0.3, -0.25) is 0 Å². The van der Waals surface area contributed by atoms with Crippen molar-refractivity contribution in [3.8, 4) is 16.6 Å². The Morgan fingerprint density at radius 3 is 2.70 bits per heavy atom. The number of benzene rings is 2. The fraction of sp³-hybridized carbons (Fsp3) is 0.125. The van der Waals surface area contributed by atoms with Crippen molar-refractivity contribution in [1.29, 1.82) is 5.26 Å². The Hall–Kier alpha value is -2.22. The molecule has 20 heavy (non-hydrogen) atoms. The van der Waals surface area contributed by atoms with Crippen LogP contribution >= 0.6 is 11.3 Å². The molecule has 0 bridgehead atoms. The minimum atomic E-state index is 0.424. The van der Waals surface area contributed by atoms with Gasteiger partial charge in [0, 0.05) is 17.2 Å². The molecule has 0 aliphatic heterocycles. The van der Waals surface area contributed by atoms with Gasteiger partial charge in [0.2, 0.25) is 0 Å². The maximum absolute atomic E-state index is 9.04. The van der Waals surface area contributed by atoms with E-state index in [1.807, 2.05) is 42.7 Å². The van der Waals surface area contributed by atoms with E-state index in [0.29, 0.717) is 6.42 Å². The maximum Gasteiger partial charge on any atom is 0.135 e. The summed E-state index contributed by atoms with van der Waals surface area (Å²) in [5, 5.41) is 12.1. The lowest BCUT2D eigenvalue weighted by Crippen LogP contribution is -2.73. The highest BCUT2D eigenvalue weighted by molar-refractivity contribution is 7.21. The van der Waals surface area contributed by atoms with E-state index in [1.165, 1.54) is 0 Å². The summed E-state index contributed by atoms with van der Waals surface area (Å²) in [5.74, 6) is 0. The number of hydrogen-bond donors (Lipinski definition) is 1. The van der Waals surface area contributed by atoms with E-state index < -0.39 is 0 Å². The van der Waals surface area contributed by atoms with Crippen LogP contribution in [0.1, 0.15) is 5.56 Å². The Bertz CT molecular complexity index is 785. The van der Waals surface area contributed by atoms with Crippen molar-refractivity contribution in [1.82, 2.24) is 4.98 Å². The average molecular weight is 280 g/mol. The van der Waals surface area contributed by atoms with Crippen LogP contribution in [-0.2, 0) is 6.42 Å². The van der Waals surface area contributed by atoms with Crippen LogP contribution in [0.4, 0.5) is 5.69 Å². The molecular weight excluding hydrogens is 266 g/mol. The Balaban J connectivity index is 2.21. The smallest absolute Gasteiger partial charge is 0.135 e. The standard InChI is InChI=1S/C16H13N3S/c1-18-13-7-8-14-15(12(13)9-10-17)20-16(19-14)11-5-3-2-4-6-11/h2-8,18H,9H2,1H3/p+1. The Morgan fingerprint density at radius 1 is 1.20 bits per heavy atom. The first-order chi connectivity index (χ1) is 9.83. The van der Waals surface area contributed by atoms with Gasteiger partial charge in [0.25, 0.3) is 0 Å². The Morgan fingerprint density at radius 2 is 2.00 bits per heavy atom. The molecule has 0 aliphatic carbocycles. The van der Waals surface area contributed by atoms with Crippen molar-refractivity contribution in [2.24, 2.45) is 0 Å². The molecule has 0 spiro atoms. The highest BCUT2D eigenvalue weighted by atomic mass is 32.1. The number of fused-ring (bicyclic) bond motifs is 1. The first-order valence-electron chi connectivity index (χ1n) is 6.47. The predicted molar refractivity (Wildman–Crippen MR) is 81.9 cm³/mol. The molecule has 1 aromatic heterocycles. The summed E-state index contributed by atoms with van der Waals surface area (Å²) >= 11 is 1.66. The highest BCUT2D eigenvalue weighted by Crippen LogP contribution is 2.34. The van der Waals surface area contributed by atoms with E-state index >= 15 is 0 Å². The zero-order valence-corrected chi connectivity index (χ0v) is 11.9. The van der Waals surface area contributed by atoms with Gasteiger partial charge < -0.3 is 5.32 Å². The summed E-state index contributed by atoms with van der Waals surface area (Å²) in [6, 6.07) is 16.5. The molecule has 2 N–H and O–H groups in total. The normalized spacial score (nSPS) is 10.6. The molecule has 0 aliphatic rings. The topological polar surface area (TPSA) is 53.3 Å². The van der Waals surface area contributed by atoms with Gasteiger partial charge >= 0.3 is 0 Å². The minimum absolute atomic E-state index is 0.424. The zero-order valence-electron chi connectivity index (χ0n) is 11.1. The summed E-state index contributed by atoms with van der Waals surface area (Å²) in [6.45, 7) is 0. The van der Waals surface area contributed by atoms with Gasteiger partial charge in [-0.05, 0) is 6.07 Å². The fourth-order valence-electron chi connectivity index (χ4n) is 2.30. The maximum atomic E-state index is 9.04. The van der Waals surface area contributed by atoms with Crippen LogP contribution < -0.4 is 5.32 Å². The Kier molecular flexibility index (Phi) is 3.46. The molecule has 0 unspecified atom stereocenters. The third kappa shape index (κ3) is 2.18. The lowest BCUT2D eigenvalue weighted by atomic mass is 10.1. The number of nitrogens with two attached hydrogens (primary N) is 1. The van der Waals surface area contributed by atoms with Crippen LogP contribution in [0.3, 0.4) is 0 Å². The van der Waals surface area contributed by atoms with Crippen molar-refractivity contribution < 1.29 is 5.32 Å². The predicted octanol–water partition coefficient (Wildman–Crippen LogP) is 2.85. The third-order valence-corrected chi connectivity index (χ3v) is 4.46. The summed E-state index contributed by atoms with van der Waals surface area (Å²) in [5.41, 5.74) is 4.32. The summed E-state index contributed by atoms with van der Waals surface area (Å²) in [7, 11) is 2.00. The third-order valence-electron chi connectivity index (χ3n) is 3.28. The average Bonchev–Trinajstić information content (AvgIpc) is 2.93. The quantitative estimate of drug-likeness (QED) is 0.750. The fourth-order valence-corrected chi connectivity index (χ4v) is 3.42. The molecule has 3 nitrogen and oxygen atoms in total. The molecule has 3 aromatic rings. The number of nitrogens with zero attached hydrogens (tertiary/aromatic N) is 2. The SMILES string of the molecule is C[NH2+]c1ccc2nc(-c3ccccc3)sc2c1CC#N. The molecule has 1 heterocycles. The van der Waals surface area contributed by atoms with Crippen molar-refractivity contribution in [3.63, 3.8) is 0 Å². The van der Waals surface area contributed by atoms with E-state index in [9.17, 15) is 0 Å². The minimum Gasteiger partial charge on any atom is -0.316 e. The monoisotopic (exact) mass is 280 g/mol. The second-order valence-corrected chi connectivity index (χ2v) is 5.49. The molecule has 3 rings (SSSR count). The van der Waals surface area contributed by atoms with Crippen LogP contribution in [-0.4, -0.2) is 12.0 Å². The first kappa shape index (κ1) is 12.8. The van der Waals surface area contributed by atoms with Crippen molar-refractivity contribution in [2.75, 3.05) is 7.05 Å². The molecule has 0 atom stereocenters. The largest absolute Gasteiger partial charge is 0.316 e. The molecule has 98 valence electrons. The van der Waals surface area contributed by atoms with E-state index in [0.717, 1.165) is 32.0 Å². The van der Waals surface area contributed by atoms with E-state index in [1.54, 1.807) is 11.3 Å². The molecule has 0 saturated carbocycles. The molecule has 0 amide bonds. The zero-order chi connectivity index (χ0) is 13.9. The number of rotatable bonds is 3. The van der Waals surface area contributed by atoms with Gasteiger partial charge in [0.05, 0.1) is 29.8 Å². The molecule has 0 saturated heterocycles. The molecule has 0 radical (unpaired) electrons. The van der Waals surface area contributed by atoms with Crippen molar-refractivity contribution in [3.05, 3.63) is 48.0 Å². The van der Waals surface area contributed by atoms with E-state index in [-0.39, 0.29) is 0 Å². The lowest BCUT2D eigenvalue weighted by Gasteiger charge is -2.01.